The van der Waals surface area contributed by atoms with E-state index in [0.29, 0.717) is 5.76 Å². The van der Waals surface area contributed by atoms with Crippen molar-refractivity contribution in [1.82, 2.24) is 0 Å². The summed E-state index contributed by atoms with van der Waals surface area (Å²) in [6.07, 6.45) is 3.03. The SMILES string of the molecule is Cc1ccc2cc(C3=C/C(=C/c4ccc([N+](=O)[O-])o4)C(=O)O3)ccc2c1. The van der Waals surface area contributed by atoms with Crippen molar-refractivity contribution in [1.29, 1.82) is 0 Å². The van der Waals surface area contributed by atoms with Crippen LogP contribution in [0.3, 0.4) is 0 Å². The zero-order chi connectivity index (χ0) is 18.3. The molecule has 0 saturated heterocycles. The summed E-state index contributed by atoms with van der Waals surface area (Å²) in [4.78, 5) is 22.1. The first-order valence-electron chi connectivity index (χ1n) is 7.90. The minimum Gasteiger partial charge on any atom is -0.422 e. The Kier molecular flexibility index (Phi) is 3.65. The van der Waals surface area contributed by atoms with Gasteiger partial charge in [0.2, 0.25) is 0 Å². The fraction of sp³-hybridized carbons (Fsp3) is 0.0500. The Bertz CT molecular complexity index is 1120. The lowest BCUT2D eigenvalue weighted by molar-refractivity contribution is -0.402. The maximum Gasteiger partial charge on any atom is 0.433 e. The zero-order valence-corrected chi connectivity index (χ0v) is 13.8. The number of nitrogens with zero attached hydrogens (tertiary/aromatic N) is 1. The van der Waals surface area contributed by atoms with Crippen molar-refractivity contribution >= 4 is 34.5 Å². The van der Waals surface area contributed by atoms with Gasteiger partial charge in [0.1, 0.15) is 16.4 Å². The van der Waals surface area contributed by atoms with E-state index in [9.17, 15) is 14.9 Å². The summed E-state index contributed by atoms with van der Waals surface area (Å²) >= 11 is 0. The molecule has 2 aromatic carbocycles. The molecule has 0 radical (unpaired) electrons. The van der Waals surface area contributed by atoms with Crippen molar-refractivity contribution in [3.63, 3.8) is 0 Å². The second-order valence-corrected chi connectivity index (χ2v) is 6.00. The molecule has 0 saturated carbocycles. The molecule has 2 heterocycles. The third kappa shape index (κ3) is 2.88. The van der Waals surface area contributed by atoms with E-state index in [-0.39, 0.29) is 17.2 Å². The van der Waals surface area contributed by atoms with Crippen LogP contribution in [0.2, 0.25) is 0 Å². The highest BCUT2D eigenvalue weighted by atomic mass is 16.6. The number of benzene rings is 2. The van der Waals surface area contributed by atoms with Gasteiger partial charge in [-0.2, -0.15) is 0 Å². The highest BCUT2D eigenvalue weighted by Gasteiger charge is 2.23. The molecule has 0 fully saturated rings. The molecule has 3 aromatic rings. The van der Waals surface area contributed by atoms with E-state index >= 15 is 0 Å². The first-order valence-corrected chi connectivity index (χ1v) is 7.90. The van der Waals surface area contributed by atoms with Crippen LogP contribution < -0.4 is 0 Å². The molecule has 1 aliphatic rings. The highest BCUT2D eigenvalue weighted by molar-refractivity contribution is 6.05. The quantitative estimate of drug-likeness (QED) is 0.298. The number of aryl methyl sites for hydroxylation is 1. The fourth-order valence-electron chi connectivity index (χ4n) is 2.82. The van der Waals surface area contributed by atoms with Crippen LogP contribution in [0.5, 0.6) is 0 Å². The Morgan fingerprint density at radius 1 is 1.04 bits per heavy atom. The lowest BCUT2D eigenvalue weighted by Gasteiger charge is -2.05. The van der Waals surface area contributed by atoms with Crippen molar-refractivity contribution in [2.24, 2.45) is 0 Å². The van der Waals surface area contributed by atoms with Crippen LogP contribution in [-0.2, 0) is 9.53 Å². The zero-order valence-electron chi connectivity index (χ0n) is 13.8. The Morgan fingerprint density at radius 3 is 2.58 bits per heavy atom. The van der Waals surface area contributed by atoms with E-state index in [2.05, 4.69) is 6.07 Å². The smallest absolute Gasteiger partial charge is 0.422 e. The van der Waals surface area contributed by atoms with Gasteiger partial charge in [0, 0.05) is 5.56 Å². The number of fused-ring (bicyclic) bond motifs is 1. The van der Waals surface area contributed by atoms with Gasteiger partial charge in [-0.1, -0.05) is 35.9 Å². The van der Waals surface area contributed by atoms with Crippen LogP contribution in [0.25, 0.3) is 22.6 Å². The molecule has 4 rings (SSSR count). The summed E-state index contributed by atoms with van der Waals surface area (Å²) in [6, 6.07) is 14.6. The van der Waals surface area contributed by atoms with Gasteiger partial charge in [0.05, 0.1) is 11.6 Å². The van der Waals surface area contributed by atoms with Crippen molar-refractivity contribution in [3.05, 3.63) is 87.2 Å². The standard InChI is InChI=1S/C20H13NO5/c1-12-2-3-14-9-15(5-4-13(14)8-12)18-11-16(20(22)26-18)10-17-6-7-19(25-17)21(23)24/h2-11H,1H3/b16-10-. The number of nitro groups is 1. The van der Waals surface area contributed by atoms with E-state index in [1.54, 1.807) is 6.08 Å². The number of carbonyl (C=O) groups is 1. The summed E-state index contributed by atoms with van der Waals surface area (Å²) in [7, 11) is 0. The minimum atomic E-state index is -0.632. The number of furan rings is 1. The normalized spacial score (nSPS) is 15.3. The third-order valence-electron chi connectivity index (χ3n) is 4.10. The van der Waals surface area contributed by atoms with Crippen LogP contribution in [0, 0.1) is 17.0 Å². The summed E-state index contributed by atoms with van der Waals surface area (Å²) in [6.45, 7) is 2.03. The Hall–Kier alpha value is -3.67. The van der Waals surface area contributed by atoms with Gasteiger partial charge < -0.3 is 9.15 Å². The van der Waals surface area contributed by atoms with E-state index in [0.717, 1.165) is 16.3 Å². The van der Waals surface area contributed by atoms with Crippen LogP contribution in [0.4, 0.5) is 5.88 Å². The molecule has 6 nitrogen and oxygen atoms in total. The van der Waals surface area contributed by atoms with Gasteiger partial charge in [-0.25, -0.2) is 4.79 Å². The molecule has 0 aliphatic carbocycles. The number of cyclic esters (lactones) is 1. The highest BCUT2D eigenvalue weighted by Crippen LogP contribution is 2.30. The molecule has 1 aliphatic heterocycles. The molecule has 128 valence electrons. The third-order valence-corrected chi connectivity index (χ3v) is 4.10. The van der Waals surface area contributed by atoms with E-state index < -0.39 is 10.9 Å². The summed E-state index contributed by atoms with van der Waals surface area (Å²) in [5, 5.41) is 12.8. The Balaban J connectivity index is 1.68. The number of carbonyl (C=O) groups excluding carboxylic acids is 1. The topological polar surface area (TPSA) is 82.6 Å². The molecule has 26 heavy (non-hydrogen) atoms. The molecular weight excluding hydrogens is 334 g/mol. The first-order chi connectivity index (χ1) is 12.5. The van der Waals surface area contributed by atoms with Gasteiger partial charge in [0.15, 0.2) is 0 Å². The lowest BCUT2D eigenvalue weighted by Crippen LogP contribution is -1.97. The summed E-state index contributed by atoms with van der Waals surface area (Å²) < 4.78 is 10.4. The largest absolute Gasteiger partial charge is 0.433 e. The van der Waals surface area contributed by atoms with Gasteiger partial charge in [-0.15, -0.1) is 0 Å². The Labute approximate surface area is 148 Å². The molecular formula is C20H13NO5. The van der Waals surface area contributed by atoms with Gasteiger partial charge in [-0.3, -0.25) is 10.1 Å². The Morgan fingerprint density at radius 2 is 1.81 bits per heavy atom. The molecule has 0 N–H and O–H groups in total. The second kappa shape index (κ2) is 6.00. The van der Waals surface area contributed by atoms with Crippen LogP contribution >= 0.6 is 0 Å². The average Bonchev–Trinajstić information content (AvgIpc) is 3.22. The van der Waals surface area contributed by atoms with Crippen molar-refractivity contribution < 1.29 is 18.9 Å². The summed E-state index contributed by atoms with van der Waals surface area (Å²) in [5.41, 5.74) is 2.23. The van der Waals surface area contributed by atoms with Crippen LogP contribution in [0.1, 0.15) is 16.9 Å². The van der Waals surface area contributed by atoms with E-state index in [4.69, 9.17) is 9.15 Å². The molecule has 0 spiro atoms. The van der Waals surface area contributed by atoms with Crippen molar-refractivity contribution in [2.45, 2.75) is 6.92 Å². The molecule has 0 atom stereocenters. The average molecular weight is 347 g/mol. The van der Waals surface area contributed by atoms with Crippen molar-refractivity contribution in [2.75, 3.05) is 0 Å². The lowest BCUT2D eigenvalue weighted by atomic mass is 10.0. The maximum absolute atomic E-state index is 12.1. The second-order valence-electron chi connectivity index (χ2n) is 6.00. The molecule has 1 aromatic heterocycles. The first kappa shape index (κ1) is 15.8. The predicted octanol–water partition coefficient (Wildman–Crippen LogP) is 4.63. The molecule has 0 bridgehead atoms. The number of hydrogen-bond donors (Lipinski definition) is 0. The maximum atomic E-state index is 12.1. The molecule has 0 unspecified atom stereocenters. The monoisotopic (exact) mass is 347 g/mol. The van der Waals surface area contributed by atoms with Crippen LogP contribution in [0.15, 0.2) is 64.6 Å². The number of ether oxygens (including phenoxy) is 1. The summed E-state index contributed by atoms with van der Waals surface area (Å²) in [5.74, 6) is -0.250. The number of esters is 1. The minimum absolute atomic E-state index is 0.218. The van der Waals surface area contributed by atoms with Gasteiger partial charge in [0.25, 0.3) is 0 Å². The fourth-order valence-corrected chi connectivity index (χ4v) is 2.82. The molecule has 0 amide bonds. The number of hydrogen-bond acceptors (Lipinski definition) is 5. The molecule has 6 heteroatoms. The van der Waals surface area contributed by atoms with E-state index in [1.807, 2.05) is 37.3 Å². The van der Waals surface area contributed by atoms with E-state index in [1.165, 1.54) is 23.8 Å². The number of rotatable bonds is 3. The van der Waals surface area contributed by atoms with Crippen molar-refractivity contribution in [3.8, 4) is 0 Å². The van der Waals surface area contributed by atoms with Crippen LogP contribution in [-0.4, -0.2) is 10.9 Å². The van der Waals surface area contributed by atoms with Gasteiger partial charge >= 0.3 is 11.9 Å². The van der Waals surface area contributed by atoms with Gasteiger partial charge in [-0.05, 0) is 42.0 Å². The predicted molar refractivity (Wildman–Crippen MR) is 96.1 cm³/mol.